The van der Waals surface area contributed by atoms with Gasteiger partial charge in [-0.1, -0.05) is 13.3 Å². The highest BCUT2D eigenvalue weighted by Gasteiger charge is 2.20. The van der Waals surface area contributed by atoms with Crippen molar-refractivity contribution in [3.63, 3.8) is 0 Å². The molecule has 1 N–H and O–H groups in total. The summed E-state index contributed by atoms with van der Waals surface area (Å²) in [5.74, 6) is 0.791. The van der Waals surface area contributed by atoms with Crippen LogP contribution in [0.3, 0.4) is 0 Å². The maximum atomic E-state index is 3.73. The summed E-state index contributed by atoms with van der Waals surface area (Å²) in [6.45, 7) is 10.0. The number of likely N-dealkylation sites (N-methyl/N-ethyl adjacent to an activating group) is 1. The third-order valence-corrected chi connectivity index (χ3v) is 4.16. The fraction of sp³-hybridized carbons (Fsp3) is 1.00. The Morgan fingerprint density at radius 1 is 1.18 bits per heavy atom. The van der Waals surface area contributed by atoms with Crippen LogP contribution in [0.2, 0.25) is 0 Å². The van der Waals surface area contributed by atoms with Crippen molar-refractivity contribution in [1.29, 1.82) is 0 Å². The Morgan fingerprint density at radius 2 is 1.94 bits per heavy atom. The second kappa shape index (κ2) is 6.72. The molecule has 0 aromatic carbocycles. The lowest BCUT2D eigenvalue weighted by molar-refractivity contribution is 0.197. The molecule has 2 unspecified atom stereocenters. The quantitative estimate of drug-likeness (QED) is 0.782. The van der Waals surface area contributed by atoms with Crippen molar-refractivity contribution < 1.29 is 0 Å². The molecule has 100 valence electrons. The lowest BCUT2D eigenvalue weighted by atomic mass is 10.1. The summed E-state index contributed by atoms with van der Waals surface area (Å²) >= 11 is 0. The highest BCUT2D eigenvalue weighted by Crippen LogP contribution is 2.11. The predicted octanol–water partition coefficient (Wildman–Crippen LogP) is 1.40. The molecule has 2 atom stereocenters. The van der Waals surface area contributed by atoms with E-state index in [0.717, 1.165) is 12.0 Å². The lowest BCUT2D eigenvalue weighted by Crippen LogP contribution is -2.40. The summed E-state index contributed by atoms with van der Waals surface area (Å²) in [6, 6.07) is 0.740. The van der Waals surface area contributed by atoms with Crippen molar-refractivity contribution in [3.8, 4) is 0 Å². The summed E-state index contributed by atoms with van der Waals surface area (Å²) in [7, 11) is 2.22. The van der Waals surface area contributed by atoms with Gasteiger partial charge in [-0.2, -0.15) is 0 Å². The van der Waals surface area contributed by atoms with Crippen LogP contribution in [0.4, 0.5) is 0 Å². The Balaban J connectivity index is 1.58. The van der Waals surface area contributed by atoms with Crippen molar-refractivity contribution in [1.82, 2.24) is 15.1 Å². The Morgan fingerprint density at radius 3 is 2.59 bits per heavy atom. The van der Waals surface area contributed by atoms with E-state index < -0.39 is 0 Å². The van der Waals surface area contributed by atoms with Gasteiger partial charge >= 0.3 is 0 Å². The maximum Gasteiger partial charge on any atom is 0.0207 e. The normalized spacial score (nSPS) is 29.6. The van der Waals surface area contributed by atoms with Gasteiger partial charge < -0.3 is 15.1 Å². The molecule has 3 nitrogen and oxygen atoms in total. The van der Waals surface area contributed by atoms with Gasteiger partial charge in [0.2, 0.25) is 0 Å². The molecule has 0 aromatic rings. The van der Waals surface area contributed by atoms with Crippen LogP contribution in [0, 0.1) is 5.92 Å². The SMILES string of the molecule is CC(CNC1CCN(C)C1)CN1CCCCC1. The first-order chi connectivity index (χ1) is 8.24. The van der Waals surface area contributed by atoms with E-state index in [-0.39, 0.29) is 0 Å². The molecule has 0 spiro atoms. The Bertz CT molecular complexity index is 214. The second-order valence-corrected chi connectivity index (χ2v) is 6.12. The summed E-state index contributed by atoms with van der Waals surface area (Å²) in [6.07, 6.45) is 5.59. The second-order valence-electron chi connectivity index (χ2n) is 6.12. The standard InChI is InChI=1S/C14H29N3/c1-13(11-17-7-4-3-5-8-17)10-15-14-6-9-16(2)12-14/h13-15H,3-12H2,1-2H3. The maximum absolute atomic E-state index is 3.73. The van der Waals surface area contributed by atoms with Crippen LogP contribution >= 0.6 is 0 Å². The van der Waals surface area contributed by atoms with Crippen molar-refractivity contribution >= 4 is 0 Å². The van der Waals surface area contributed by atoms with Gasteiger partial charge in [0.1, 0.15) is 0 Å². The van der Waals surface area contributed by atoms with Crippen LogP contribution in [-0.2, 0) is 0 Å². The molecule has 0 radical (unpaired) electrons. The summed E-state index contributed by atoms with van der Waals surface area (Å²) in [4.78, 5) is 5.07. The zero-order chi connectivity index (χ0) is 12.1. The monoisotopic (exact) mass is 239 g/mol. The number of rotatable bonds is 5. The van der Waals surface area contributed by atoms with E-state index in [0.29, 0.717) is 0 Å². The van der Waals surface area contributed by atoms with Crippen molar-refractivity contribution in [2.75, 3.05) is 46.3 Å². The minimum Gasteiger partial charge on any atom is -0.312 e. The smallest absolute Gasteiger partial charge is 0.0207 e. The first kappa shape index (κ1) is 13.3. The predicted molar refractivity (Wildman–Crippen MR) is 73.4 cm³/mol. The third-order valence-electron chi connectivity index (χ3n) is 4.16. The molecule has 2 aliphatic heterocycles. The first-order valence-electron chi connectivity index (χ1n) is 7.38. The molecule has 2 fully saturated rings. The number of hydrogen-bond acceptors (Lipinski definition) is 3. The molecule has 0 amide bonds. The molecule has 0 aromatic heterocycles. The number of nitrogens with zero attached hydrogens (tertiary/aromatic N) is 2. The van der Waals surface area contributed by atoms with Gasteiger partial charge in [-0.3, -0.25) is 0 Å². The molecule has 2 aliphatic rings. The molecular formula is C14H29N3. The van der Waals surface area contributed by atoms with Gasteiger partial charge in [0, 0.05) is 19.1 Å². The summed E-state index contributed by atoms with van der Waals surface area (Å²) < 4.78 is 0. The average molecular weight is 239 g/mol. The molecule has 0 saturated carbocycles. The molecule has 0 bridgehead atoms. The van der Waals surface area contributed by atoms with Crippen molar-refractivity contribution in [3.05, 3.63) is 0 Å². The van der Waals surface area contributed by atoms with Crippen LogP contribution in [0.25, 0.3) is 0 Å². The zero-order valence-electron chi connectivity index (χ0n) is 11.6. The fourth-order valence-electron chi connectivity index (χ4n) is 3.12. The number of likely N-dealkylation sites (tertiary alicyclic amines) is 2. The van der Waals surface area contributed by atoms with Crippen LogP contribution in [0.1, 0.15) is 32.6 Å². The van der Waals surface area contributed by atoms with E-state index in [9.17, 15) is 0 Å². The molecule has 17 heavy (non-hydrogen) atoms. The molecule has 3 heteroatoms. The van der Waals surface area contributed by atoms with Crippen molar-refractivity contribution in [2.24, 2.45) is 5.92 Å². The largest absolute Gasteiger partial charge is 0.312 e. The molecule has 2 saturated heterocycles. The Labute approximate surface area is 107 Å². The van der Waals surface area contributed by atoms with Crippen LogP contribution in [-0.4, -0.2) is 62.2 Å². The molecule has 2 rings (SSSR count). The van der Waals surface area contributed by atoms with Gasteiger partial charge in [-0.25, -0.2) is 0 Å². The van der Waals surface area contributed by atoms with Gasteiger partial charge in [-0.15, -0.1) is 0 Å². The van der Waals surface area contributed by atoms with Crippen LogP contribution in [0.5, 0.6) is 0 Å². The van der Waals surface area contributed by atoms with Crippen molar-refractivity contribution in [2.45, 2.75) is 38.6 Å². The van der Waals surface area contributed by atoms with E-state index in [1.54, 1.807) is 0 Å². The Hall–Kier alpha value is -0.120. The first-order valence-corrected chi connectivity index (χ1v) is 7.38. The summed E-state index contributed by atoms with van der Waals surface area (Å²) in [5.41, 5.74) is 0. The van der Waals surface area contributed by atoms with E-state index in [1.165, 1.54) is 65.0 Å². The minimum absolute atomic E-state index is 0.740. The van der Waals surface area contributed by atoms with Gasteiger partial charge in [0.25, 0.3) is 0 Å². The van der Waals surface area contributed by atoms with Crippen LogP contribution < -0.4 is 5.32 Å². The molecular weight excluding hydrogens is 210 g/mol. The minimum atomic E-state index is 0.740. The van der Waals surface area contributed by atoms with E-state index in [2.05, 4.69) is 29.1 Å². The highest BCUT2D eigenvalue weighted by atomic mass is 15.2. The fourth-order valence-corrected chi connectivity index (χ4v) is 3.12. The summed E-state index contributed by atoms with van der Waals surface area (Å²) in [5, 5.41) is 3.73. The highest BCUT2D eigenvalue weighted by molar-refractivity contribution is 4.80. The number of hydrogen-bond donors (Lipinski definition) is 1. The van der Waals surface area contributed by atoms with Gasteiger partial charge in [-0.05, 0) is 58.4 Å². The van der Waals surface area contributed by atoms with E-state index >= 15 is 0 Å². The van der Waals surface area contributed by atoms with Crippen LogP contribution in [0.15, 0.2) is 0 Å². The third kappa shape index (κ3) is 4.57. The lowest BCUT2D eigenvalue weighted by Gasteiger charge is -2.29. The van der Waals surface area contributed by atoms with Gasteiger partial charge in [0.15, 0.2) is 0 Å². The Kier molecular flexibility index (Phi) is 5.26. The topological polar surface area (TPSA) is 18.5 Å². The van der Waals surface area contributed by atoms with E-state index in [1.807, 2.05) is 0 Å². The van der Waals surface area contributed by atoms with E-state index in [4.69, 9.17) is 0 Å². The molecule has 2 heterocycles. The number of nitrogens with one attached hydrogen (secondary N) is 1. The van der Waals surface area contributed by atoms with Gasteiger partial charge in [0.05, 0.1) is 0 Å². The molecule has 0 aliphatic carbocycles. The zero-order valence-corrected chi connectivity index (χ0v) is 11.6. The average Bonchev–Trinajstić information content (AvgIpc) is 2.74. The number of piperidine rings is 1.